The SMILES string of the molecule is CC(C)c1cc(CC2CCCCC2N=C=O)cc(C(C)C)c1N. The molecule has 0 saturated heterocycles. The number of nitrogen functional groups attached to an aromatic ring is 1. The van der Waals surface area contributed by atoms with Crippen LogP contribution in [-0.2, 0) is 11.2 Å². The molecular formula is C20H30N2O. The standard InChI is InChI=1S/C20H30N2O/c1-13(2)17-10-15(11-18(14(3)4)20(17)21)9-16-7-5-6-8-19(16)22-12-23/h10-11,13-14,16,19H,5-9,21H2,1-4H3. The van der Waals surface area contributed by atoms with Gasteiger partial charge in [-0.3, -0.25) is 0 Å². The van der Waals surface area contributed by atoms with Crippen molar-refractivity contribution in [2.75, 3.05) is 5.73 Å². The van der Waals surface area contributed by atoms with E-state index in [0.29, 0.717) is 17.8 Å². The molecule has 0 bridgehead atoms. The van der Waals surface area contributed by atoms with Crippen LogP contribution in [0, 0.1) is 5.92 Å². The molecule has 1 aliphatic rings. The lowest BCUT2D eigenvalue weighted by Gasteiger charge is -2.28. The van der Waals surface area contributed by atoms with Crippen LogP contribution in [0.5, 0.6) is 0 Å². The monoisotopic (exact) mass is 314 g/mol. The molecule has 0 spiro atoms. The number of nitrogens with two attached hydrogens (primary N) is 1. The minimum atomic E-state index is 0.142. The number of hydrogen-bond acceptors (Lipinski definition) is 3. The van der Waals surface area contributed by atoms with Gasteiger partial charge in [0.15, 0.2) is 0 Å². The third-order valence-corrected chi connectivity index (χ3v) is 5.13. The highest BCUT2D eigenvalue weighted by molar-refractivity contribution is 5.58. The third-order valence-electron chi connectivity index (χ3n) is 5.13. The van der Waals surface area contributed by atoms with Crippen molar-refractivity contribution >= 4 is 11.8 Å². The second-order valence-electron chi connectivity index (χ2n) is 7.53. The first-order valence-electron chi connectivity index (χ1n) is 8.93. The Morgan fingerprint density at radius 2 is 1.70 bits per heavy atom. The summed E-state index contributed by atoms with van der Waals surface area (Å²) < 4.78 is 0. The number of carbonyl (C=O) groups excluding carboxylic acids is 1. The molecule has 1 aromatic carbocycles. The van der Waals surface area contributed by atoms with Crippen molar-refractivity contribution in [3.8, 4) is 0 Å². The summed E-state index contributed by atoms with van der Waals surface area (Å²) >= 11 is 0. The molecule has 23 heavy (non-hydrogen) atoms. The Morgan fingerprint density at radius 1 is 1.13 bits per heavy atom. The quantitative estimate of drug-likeness (QED) is 0.475. The third kappa shape index (κ3) is 4.23. The maximum Gasteiger partial charge on any atom is 0.235 e. The largest absolute Gasteiger partial charge is 0.398 e. The normalized spacial score (nSPS) is 21.5. The highest BCUT2D eigenvalue weighted by Crippen LogP contribution is 2.35. The van der Waals surface area contributed by atoms with Crippen molar-refractivity contribution in [3.05, 3.63) is 28.8 Å². The summed E-state index contributed by atoms with van der Waals surface area (Å²) in [6.45, 7) is 8.78. The molecule has 2 atom stereocenters. The fourth-order valence-electron chi connectivity index (χ4n) is 3.80. The fourth-order valence-corrected chi connectivity index (χ4v) is 3.80. The van der Waals surface area contributed by atoms with E-state index in [2.05, 4.69) is 44.8 Å². The lowest BCUT2D eigenvalue weighted by Crippen LogP contribution is -2.25. The van der Waals surface area contributed by atoms with Crippen molar-refractivity contribution in [2.24, 2.45) is 10.9 Å². The zero-order valence-corrected chi connectivity index (χ0v) is 14.9. The lowest BCUT2D eigenvalue weighted by atomic mass is 9.79. The molecule has 0 amide bonds. The zero-order valence-electron chi connectivity index (χ0n) is 14.9. The number of nitrogens with zero attached hydrogens (tertiary/aromatic N) is 1. The van der Waals surface area contributed by atoms with Crippen molar-refractivity contribution < 1.29 is 4.79 Å². The highest BCUT2D eigenvalue weighted by Gasteiger charge is 2.25. The Labute approximate surface area is 140 Å². The Hall–Kier alpha value is -1.60. The Bertz CT molecular complexity index is 556. The van der Waals surface area contributed by atoms with E-state index in [-0.39, 0.29) is 6.04 Å². The predicted molar refractivity (Wildman–Crippen MR) is 96.6 cm³/mol. The van der Waals surface area contributed by atoms with Crippen LogP contribution in [0.2, 0.25) is 0 Å². The summed E-state index contributed by atoms with van der Waals surface area (Å²) in [5.74, 6) is 1.29. The van der Waals surface area contributed by atoms with Crippen LogP contribution in [0.25, 0.3) is 0 Å². The Morgan fingerprint density at radius 3 is 2.22 bits per heavy atom. The second kappa shape index (κ2) is 7.79. The van der Waals surface area contributed by atoms with Gasteiger partial charge in [0, 0.05) is 5.69 Å². The summed E-state index contributed by atoms with van der Waals surface area (Å²) in [5, 5.41) is 0. The van der Waals surface area contributed by atoms with Crippen molar-refractivity contribution in [3.63, 3.8) is 0 Å². The van der Waals surface area contributed by atoms with E-state index in [1.54, 1.807) is 6.08 Å². The average Bonchev–Trinajstić information content (AvgIpc) is 2.50. The summed E-state index contributed by atoms with van der Waals surface area (Å²) in [6, 6.07) is 4.67. The maximum absolute atomic E-state index is 10.7. The molecule has 1 fully saturated rings. The van der Waals surface area contributed by atoms with Gasteiger partial charge < -0.3 is 5.73 Å². The molecule has 1 aliphatic carbocycles. The number of aliphatic imine (C=N–C) groups is 1. The van der Waals surface area contributed by atoms with Gasteiger partial charge in [0.05, 0.1) is 6.04 Å². The molecule has 2 unspecified atom stereocenters. The van der Waals surface area contributed by atoms with Crippen LogP contribution in [0.4, 0.5) is 5.69 Å². The number of anilines is 1. The molecule has 3 nitrogen and oxygen atoms in total. The zero-order chi connectivity index (χ0) is 17.0. The first-order chi connectivity index (χ1) is 10.9. The van der Waals surface area contributed by atoms with Gasteiger partial charge in [-0.1, -0.05) is 52.7 Å². The minimum absolute atomic E-state index is 0.142. The molecule has 1 saturated carbocycles. The van der Waals surface area contributed by atoms with Gasteiger partial charge in [-0.25, -0.2) is 9.79 Å². The minimum Gasteiger partial charge on any atom is -0.398 e. The first kappa shape index (κ1) is 17.7. The number of benzene rings is 1. The number of rotatable bonds is 5. The summed E-state index contributed by atoms with van der Waals surface area (Å²) in [6.07, 6.45) is 7.33. The van der Waals surface area contributed by atoms with E-state index in [4.69, 9.17) is 5.73 Å². The molecule has 0 radical (unpaired) electrons. The average molecular weight is 314 g/mol. The maximum atomic E-state index is 10.7. The van der Waals surface area contributed by atoms with E-state index < -0.39 is 0 Å². The molecule has 2 rings (SSSR count). The molecule has 2 N–H and O–H groups in total. The van der Waals surface area contributed by atoms with Gasteiger partial charge in [0.1, 0.15) is 0 Å². The van der Waals surface area contributed by atoms with E-state index in [1.807, 2.05) is 0 Å². The van der Waals surface area contributed by atoms with Gasteiger partial charge >= 0.3 is 0 Å². The first-order valence-corrected chi connectivity index (χ1v) is 8.93. The molecule has 0 heterocycles. The molecule has 3 heteroatoms. The summed E-state index contributed by atoms with van der Waals surface area (Å²) in [5.41, 5.74) is 11.2. The van der Waals surface area contributed by atoms with Crippen molar-refractivity contribution in [1.29, 1.82) is 0 Å². The van der Waals surface area contributed by atoms with Gasteiger partial charge in [0.25, 0.3) is 0 Å². The highest BCUT2D eigenvalue weighted by atomic mass is 16.1. The fraction of sp³-hybridized carbons (Fsp3) is 0.650. The molecule has 0 aliphatic heterocycles. The van der Waals surface area contributed by atoms with E-state index in [0.717, 1.165) is 24.9 Å². The van der Waals surface area contributed by atoms with Crippen molar-refractivity contribution in [2.45, 2.75) is 77.7 Å². The Balaban J connectivity index is 2.33. The van der Waals surface area contributed by atoms with E-state index in [9.17, 15) is 4.79 Å². The smallest absolute Gasteiger partial charge is 0.235 e. The van der Waals surface area contributed by atoms with Crippen LogP contribution in [-0.4, -0.2) is 12.1 Å². The summed E-state index contributed by atoms with van der Waals surface area (Å²) in [7, 11) is 0. The number of isocyanates is 1. The Kier molecular flexibility index (Phi) is 6.01. The topological polar surface area (TPSA) is 55.5 Å². The molecule has 126 valence electrons. The lowest BCUT2D eigenvalue weighted by molar-refractivity contribution is 0.307. The summed E-state index contributed by atoms with van der Waals surface area (Å²) in [4.78, 5) is 14.8. The van der Waals surface area contributed by atoms with Crippen LogP contribution in [0.3, 0.4) is 0 Å². The van der Waals surface area contributed by atoms with Crippen LogP contribution in [0.1, 0.15) is 81.9 Å². The van der Waals surface area contributed by atoms with Gasteiger partial charge in [-0.15, -0.1) is 0 Å². The van der Waals surface area contributed by atoms with Gasteiger partial charge in [-0.05, 0) is 53.7 Å². The molecule has 1 aromatic rings. The van der Waals surface area contributed by atoms with Crippen molar-refractivity contribution in [1.82, 2.24) is 0 Å². The molecular weight excluding hydrogens is 284 g/mol. The van der Waals surface area contributed by atoms with Crippen LogP contribution < -0.4 is 5.73 Å². The predicted octanol–water partition coefficient (Wildman–Crippen LogP) is 4.95. The van der Waals surface area contributed by atoms with E-state index in [1.165, 1.54) is 29.5 Å². The number of hydrogen-bond donors (Lipinski definition) is 1. The second-order valence-corrected chi connectivity index (χ2v) is 7.53. The van der Waals surface area contributed by atoms with Gasteiger partial charge in [0.2, 0.25) is 6.08 Å². The van der Waals surface area contributed by atoms with Crippen LogP contribution >= 0.6 is 0 Å². The van der Waals surface area contributed by atoms with E-state index >= 15 is 0 Å². The van der Waals surface area contributed by atoms with Gasteiger partial charge in [-0.2, -0.15) is 0 Å². The molecule has 0 aromatic heterocycles. The van der Waals surface area contributed by atoms with Crippen LogP contribution in [0.15, 0.2) is 17.1 Å².